The highest BCUT2D eigenvalue weighted by Gasteiger charge is 2.48. The molecule has 39 heavy (non-hydrogen) atoms. The minimum atomic E-state index is 0.748. The van der Waals surface area contributed by atoms with Gasteiger partial charge in [-0.1, -0.05) is 26.0 Å². The van der Waals surface area contributed by atoms with Crippen LogP contribution in [0.15, 0.2) is 48.6 Å². The van der Waals surface area contributed by atoms with Gasteiger partial charge < -0.3 is 9.97 Å². The summed E-state index contributed by atoms with van der Waals surface area (Å²) in [4.78, 5) is 17.9. The molecule has 4 atom stereocenters. The number of H-pyrrole nitrogens is 2. The molecule has 3 aliphatic carbocycles. The predicted molar refractivity (Wildman–Crippen MR) is 162 cm³/mol. The zero-order valence-electron chi connectivity index (χ0n) is 23.4. The van der Waals surface area contributed by atoms with Crippen LogP contribution >= 0.6 is 0 Å². The summed E-state index contributed by atoms with van der Waals surface area (Å²) in [5.41, 5.74) is 17.3. The van der Waals surface area contributed by atoms with Gasteiger partial charge in [0.05, 0.1) is 22.8 Å². The van der Waals surface area contributed by atoms with Crippen LogP contribution < -0.4 is 0 Å². The van der Waals surface area contributed by atoms with Crippen molar-refractivity contribution in [3.05, 3.63) is 82.5 Å². The molecule has 1 fully saturated rings. The molecule has 8 rings (SSSR count). The summed E-state index contributed by atoms with van der Waals surface area (Å²) in [5.74, 6) is 3.02. The fourth-order valence-corrected chi connectivity index (χ4v) is 8.27. The quantitative estimate of drug-likeness (QED) is 0.338. The molecule has 2 aliphatic heterocycles. The van der Waals surface area contributed by atoms with Crippen molar-refractivity contribution < 1.29 is 0 Å². The van der Waals surface area contributed by atoms with Gasteiger partial charge in [0, 0.05) is 22.1 Å². The number of hydrogen-bond donors (Lipinski definition) is 2. The lowest BCUT2D eigenvalue weighted by atomic mass is 9.70. The highest BCUT2D eigenvalue weighted by atomic mass is 14.8. The Morgan fingerprint density at radius 1 is 0.718 bits per heavy atom. The van der Waals surface area contributed by atoms with Crippen LogP contribution in [0, 0.1) is 30.6 Å². The minimum Gasteiger partial charge on any atom is -0.355 e. The van der Waals surface area contributed by atoms with Gasteiger partial charge in [0.15, 0.2) is 0 Å². The molecule has 0 radical (unpaired) electrons. The van der Waals surface area contributed by atoms with Crippen LogP contribution in [-0.2, 0) is 6.42 Å². The lowest BCUT2D eigenvalue weighted by molar-refractivity contribution is 0.313. The summed E-state index contributed by atoms with van der Waals surface area (Å²) in [6.07, 6.45) is 10.6. The van der Waals surface area contributed by atoms with E-state index in [9.17, 15) is 0 Å². The molecule has 3 aromatic heterocycles. The maximum absolute atomic E-state index is 5.39. The van der Waals surface area contributed by atoms with E-state index in [1.807, 2.05) is 0 Å². The molecule has 196 valence electrons. The number of fused-ring (bicyclic) bond motifs is 15. The lowest BCUT2D eigenvalue weighted by Gasteiger charge is -2.33. The van der Waals surface area contributed by atoms with Gasteiger partial charge in [0.2, 0.25) is 0 Å². The van der Waals surface area contributed by atoms with Crippen molar-refractivity contribution in [2.45, 2.75) is 59.8 Å². The smallest absolute Gasteiger partial charge is 0.0694 e. The first-order valence-corrected chi connectivity index (χ1v) is 14.8. The van der Waals surface area contributed by atoms with E-state index in [2.05, 4.69) is 86.2 Å². The number of nitrogens with zero attached hydrogens (tertiary/aromatic N) is 2. The highest BCUT2D eigenvalue weighted by Crippen LogP contribution is 2.58. The van der Waals surface area contributed by atoms with Gasteiger partial charge >= 0.3 is 0 Å². The molecule has 0 spiro atoms. The SMILES string of the molecule is CCC1=C(C)c2cc3ccc(cc4[nH]c(cc5nc(cc1n2)C1=C5CC2C(C1)[C@H]1C=C[C@@H]2C1)c(CC)c4C)[nH]3. The van der Waals surface area contributed by atoms with Crippen molar-refractivity contribution in [2.75, 3.05) is 0 Å². The van der Waals surface area contributed by atoms with E-state index >= 15 is 0 Å². The van der Waals surface area contributed by atoms with E-state index in [4.69, 9.17) is 9.97 Å². The van der Waals surface area contributed by atoms with Crippen LogP contribution in [0.3, 0.4) is 0 Å². The van der Waals surface area contributed by atoms with Gasteiger partial charge in [-0.05, 0) is 139 Å². The molecular weight excluding hydrogens is 476 g/mol. The Morgan fingerprint density at radius 2 is 1.38 bits per heavy atom. The van der Waals surface area contributed by atoms with Crippen LogP contribution in [0.25, 0.3) is 44.4 Å². The fourth-order valence-electron chi connectivity index (χ4n) is 8.27. The summed E-state index contributed by atoms with van der Waals surface area (Å²) < 4.78 is 0. The summed E-state index contributed by atoms with van der Waals surface area (Å²) in [7, 11) is 0. The molecule has 2 unspecified atom stereocenters. The Hall–Kier alpha value is -3.66. The Bertz CT molecular complexity index is 1810. The second-order valence-corrected chi connectivity index (χ2v) is 12.2. The maximum atomic E-state index is 5.39. The third-order valence-electron chi connectivity index (χ3n) is 10.3. The summed E-state index contributed by atoms with van der Waals surface area (Å²) in [6, 6.07) is 13.4. The van der Waals surface area contributed by atoms with Crippen LogP contribution in [0.4, 0.5) is 0 Å². The molecule has 2 N–H and O–H groups in total. The molecule has 5 aliphatic rings. The van der Waals surface area contributed by atoms with Gasteiger partial charge in [0.1, 0.15) is 0 Å². The molecule has 0 saturated heterocycles. The number of nitrogens with one attached hydrogen (secondary N) is 2. The van der Waals surface area contributed by atoms with Crippen molar-refractivity contribution in [1.29, 1.82) is 0 Å². The standard InChI is InChI=1S/C35H36N4/c1-5-24-18(3)30-12-22-9-10-23(36-22)13-31-19(4)25(6-2)33(38-31)17-35-29-15-27-21-8-7-20(11-21)26(27)14-28(29)34(39-35)16-32(24)37-30/h7-10,12-13,16-17,20-21,26-27,36-37H,5-6,11,14-15H2,1-4H3/t20-,21+,26?,27?/m1/s1. The topological polar surface area (TPSA) is 57.4 Å². The van der Waals surface area contributed by atoms with Gasteiger partial charge in [0.25, 0.3) is 0 Å². The number of hydrogen-bond acceptors (Lipinski definition) is 2. The van der Waals surface area contributed by atoms with Gasteiger partial charge in [-0.25, -0.2) is 9.97 Å². The van der Waals surface area contributed by atoms with E-state index < -0.39 is 0 Å². The number of aromatic nitrogens is 4. The van der Waals surface area contributed by atoms with Gasteiger partial charge in [-0.15, -0.1) is 0 Å². The van der Waals surface area contributed by atoms with E-state index in [0.717, 1.165) is 83.2 Å². The lowest BCUT2D eigenvalue weighted by Crippen LogP contribution is -2.23. The number of aryl methyl sites for hydroxylation is 2. The fraction of sp³-hybridized carbons (Fsp3) is 0.371. The van der Waals surface area contributed by atoms with Crippen LogP contribution in [-0.4, -0.2) is 19.9 Å². The molecule has 4 heteroatoms. The Balaban J connectivity index is 1.44. The normalized spacial score (nSPS) is 25.0. The molecule has 4 nitrogen and oxygen atoms in total. The zero-order chi connectivity index (χ0) is 26.4. The van der Waals surface area contributed by atoms with Crippen molar-refractivity contribution in [1.82, 2.24) is 19.9 Å². The van der Waals surface area contributed by atoms with E-state index in [0.29, 0.717) is 0 Å². The average molecular weight is 513 g/mol. The summed E-state index contributed by atoms with van der Waals surface area (Å²) >= 11 is 0. The van der Waals surface area contributed by atoms with Crippen LogP contribution in [0.1, 0.15) is 80.4 Å². The summed E-state index contributed by atoms with van der Waals surface area (Å²) in [6.45, 7) is 8.96. The third kappa shape index (κ3) is 3.43. The number of aromatic amines is 2. The monoisotopic (exact) mass is 512 g/mol. The maximum Gasteiger partial charge on any atom is 0.0694 e. The van der Waals surface area contributed by atoms with E-state index in [1.54, 1.807) is 0 Å². The van der Waals surface area contributed by atoms with Crippen molar-refractivity contribution >= 4 is 44.4 Å². The molecule has 3 aromatic rings. The second kappa shape index (κ2) is 8.42. The Labute approximate surface area is 230 Å². The zero-order valence-corrected chi connectivity index (χ0v) is 23.4. The molecule has 0 aromatic carbocycles. The minimum absolute atomic E-state index is 0.748. The van der Waals surface area contributed by atoms with Crippen LogP contribution in [0.5, 0.6) is 0 Å². The van der Waals surface area contributed by atoms with Crippen molar-refractivity contribution in [2.24, 2.45) is 23.7 Å². The third-order valence-corrected chi connectivity index (χ3v) is 10.3. The van der Waals surface area contributed by atoms with E-state index in [-0.39, 0.29) is 0 Å². The molecule has 5 heterocycles. The Kier molecular flexibility index (Phi) is 5.02. The van der Waals surface area contributed by atoms with Crippen molar-refractivity contribution in [3.8, 4) is 0 Å². The molecule has 1 saturated carbocycles. The van der Waals surface area contributed by atoms with Crippen molar-refractivity contribution in [3.63, 3.8) is 0 Å². The van der Waals surface area contributed by atoms with Crippen LogP contribution in [0.2, 0.25) is 0 Å². The average Bonchev–Trinajstić information content (AvgIpc) is 3.77. The molecule has 10 bridgehead atoms. The van der Waals surface area contributed by atoms with Gasteiger partial charge in [-0.3, -0.25) is 0 Å². The first-order valence-electron chi connectivity index (χ1n) is 14.8. The first kappa shape index (κ1) is 23.2. The Morgan fingerprint density at radius 3 is 2.08 bits per heavy atom. The predicted octanol–water partition coefficient (Wildman–Crippen LogP) is 8.67. The number of allylic oxidation sites excluding steroid dienone is 6. The highest BCUT2D eigenvalue weighted by molar-refractivity contribution is 5.96. The first-order chi connectivity index (χ1) is 19.0. The van der Waals surface area contributed by atoms with Gasteiger partial charge in [-0.2, -0.15) is 0 Å². The summed E-state index contributed by atoms with van der Waals surface area (Å²) in [5, 5.41) is 0. The second-order valence-electron chi connectivity index (χ2n) is 12.2. The molecular formula is C35H36N4. The largest absolute Gasteiger partial charge is 0.355 e. The van der Waals surface area contributed by atoms with E-state index in [1.165, 1.54) is 50.9 Å². The number of rotatable bonds is 2. The molecule has 0 amide bonds.